The molecule has 0 aliphatic carbocycles. The Kier molecular flexibility index (Phi) is 5.21. The fourth-order valence-electron chi connectivity index (χ4n) is 3.35. The Balaban J connectivity index is 1.33. The number of benzene rings is 2. The predicted octanol–water partition coefficient (Wildman–Crippen LogP) is 4.25. The van der Waals surface area contributed by atoms with E-state index in [1.807, 2.05) is 0 Å². The van der Waals surface area contributed by atoms with Crippen LogP contribution in [0.1, 0.15) is 18.4 Å². The van der Waals surface area contributed by atoms with Crippen LogP contribution in [-0.4, -0.2) is 24.0 Å². The van der Waals surface area contributed by atoms with Crippen LogP contribution in [0.25, 0.3) is 10.2 Å². The van der Waals surface area contributed by atoms with Gasteiger partial charge in [-0.15, -0.1) is 0 Å². The lowest BCUT2D eigenvalue weighted by Crippen LogP contribution is -2.40. The highest BCUT2D eigenvalue weighted by atomic mass is 32.1. The van der Waals surface area contributed by atoms with E-state index in [0.29, 0.717) is 25.9 Å². The van der Waals surface area contributed by atoms with Crippen molar-refractivity contribution in [1.82, 2.24) is 10.3 Å². The van der Waals surface area contributed by atoms with Gasteiger partial charge in [-0.25, -0.2) is 18.2 Å². The Morgan fingerprint density at radius 2 is 1.82 bits per heavy atom. The zero-order valence-corrected chi connectivity index (χ0v) is 15.7. The number of amides is 1. The van der Waals surface area contributed by atoms with Gasteiger partial charge in [0.25, 0.3) is 0 Å². The van der Waals surface area contributed by atoms with Gasteiger partial charge < -0.3 is 10.2 Å². The van der Waals surface area contributed by atoms with Gasteiger partial charge in [0.2, 0.25) is 5.91 Å². The summed E-state index contributed by atoms with van der Waals surface area (Å²) in [4.78, 5) is 19.0. The summed E-state index contributed by atoms with van der Waals surface area (Å²) in [6.45, 7) is 1.38. The number of nitrogens with zero attached hydrogens (tertiary/aromatic N) is 2. The Hall–Kier alpha value is -2.61. The molecule has 4 nitrogen and oxygen atoms in total. The number of carbonyl (C=O) groups is 1. The maximum absolute atomic E-state index is 13.7. The Morgan fingerprint density at radius 1 is 1.11 bits per heavy atom. The molecule has 3 aromatic rings. The van der Waals surface area contributed by atoms with Crippen molar-refractivity contribution in [2.24, 2.45) is 5.92 Å². The van der Waals surface area contributed by atoms with E-state index in [-0.39, 0.29) is 29.8 Å². The van der Waals surface area contributed by atoms with Crippen LogP contribution < -0.4 is 10.2 Å². The SMILES string of the molecule is O=C(NCc1ccc(F)cc1F)C1CCN(c2nc3ccc(F)cc3s2)CC1. The molecule has 1 amide bonds. The normalized spacial score (nSPS) is 15.2. The Labute approximate surface area is 164 Å². The van der Waals surface area contributed by atoms with Gasteiger partial charge in [0, 0.05) is 37.2 Å². The summed E-state index contributed by atoms with van der Waals surface area (Å²) in [5, 5.41) is 3.56. The second-order valence-corrected chi connectivity index (χ2v) is 7.83. The van der Waals surface area contributed by atoms with Crippen LogP contribution in [0, 0.1) is 23.4 Å². The van der Waals surface area contributed by atoms with E-state index in [2.05, 4.69) is 15.2 Å². The maximum Gasteiger partial charge on any atom is 0.223 e. The molecule has 0 atom stereocenters. The average Bonchev–Trinajstić information content (AvgIpc) is 3.10. The lowest BCUT2D eigenvalue weighted by atomic mass is 9.96. The molecule has 1 fully saturated rings. The number of halogens is 3. The molecular weight excluding hydrogens is 387 g/mol. The van der Waals surface area contributed by atoms with Crippen LogP contribution in [0.15, 0.2) is 36.4 Å². The molecule has 0 spiro atoms. The number of rotatable bonds is 4. The number of fused-ring (bicyclic) bond motifs is 1. The average molecular weight is 405 g/mol. The van der Waals surface area contributed by atoms with Crippen LogP contribution in [0.3, 0.4) is 0 Å². The molecule has 0 unspecified atom stereocenters. The molecule has 4 rings (SSSR count). The van der Waals surface area contributed by atoms with E-state index in [1.165, 1.54) is 35.6 Å². The first kappa shape index (κ1) is 18.7. The highest BCUT2D eigenvalue weighted by Gasteiger charge is 2.26. The first-order chi connectivity index (χ1) is 13.5. The third kappa shape index (κ3) is 3.96. The summed E-state index contributed by atoms with van der Waals surface area (Å²) in [5.74, 6) is -1.88. The summed E-state index contributed by atoms with van der Waals surface area (Å²) in [6.07, 6.45) is 1.31. The molecule has 1 aliphatic heterocycles. The number of carbonyl (C=O) groups excluding carboxylic acids is 1. The van der Waals surface area contributed by atoms with Crippen LogP contribution >= 0.6 is 11.3 Å². The molecular formula is C20H18F3N3OS. The first-order valence-corrected chi connectivity index (χ1v) is 9.84. The number of anilines is 1. The minimum Gasteiger partial charge on any atom is -0.352 e. The van der Waals surface area contributed by atoms with Gasteiger partial charge in [0.1, 0.15) is 17.5 Å². The molecule has 28 heavy (non-hydrogen) atoms. The van der Waals surface area contributed by atoms with Crippen molar-refractivity contribution in [3.8, 4) is 0 Å². The van der Waals surface area contributed by atoms with Crippen molar-refractivity contribution in [2.75, 3.05) is 18.0 Å². The molecule has 1 aliphatic rings. The van der Waals surface area contributed by atoms with Crippen LogP contribution in [0.4, 0.5) is 18.3 Å². The van der Waals surface area contributed by atoms with Crippen molar-refractivity contribution in [2.45, 2.75) is 19.4 Å². The van der Waals surface area contributed by atoms with Crippen molar-refractivity contribution < 1.29 is 18.0 Å². The molecule has 1 saturated heterocycles. The Bertz CT molecular complexity index is 1020. The zero-order valence-electron chi connectivity index (χ0n) is 14.9. The van der Waals surface area contributed by atoms with Crippen LogP contribution in [0.2, 0.25) is 0 Å². The third-order valence-corrected chi connectivity index (χ3v) is 6.02. The minimum absolute atomic E-state index is 0.0363. The molecule has 1 aromatic heterocycles. The fraction of sp³-hybridized carbons (Fsp3) is 0.300. The van der Waals surface area contributed by atoms with E-state index < -0.39 is 11.6 Å². The van der Waals surface area contributed by atoms with Gasteiger partial charge in [-0.1, -0.05) is 17.4 Å². The van der Waals surface area contributed by atoms with Gasteiger partial charge in [-0.2, -0.15) is 0 Å². The molecule has 2 aromatic carbocycles. The number of piperidine rings is 1. The third-order valence-electron chi connectivity index (χ3n) is 4.94. The van der Waals surface area contributed by atoms with Gasteiger partial charge >= 0.3 is 0 Å². The zero-order chi connectivity index (χ0) is 19.7. The van der Waals surface area contributed by atoms with Crippen LogP contribution in [0.5, 0.6) is 0 Å². The van der Waals surface area contributed by atoms with Gasteiger partial charge in [0.15, 0.2) is 5.13 Å². The fourth-order valence-corrected chi connectivity index (χ4v) is 4.39. The van der Waals surface area contributed by atoms with Gasteiger partial charge in [0.05, 0.1) is 10.2 Å². The standard InChI is InChI=1S/C20H18F3N3OS/c21-14-2-1-13(16(23)9-14)11-24-19(27)12-5-7-26(8-6-12)20-25-17-4-3-15(22)10-18(17)28-20/h1-4,9-10,12H,5-8,11H2,(H,24,27). The lowest BCUT2D eigenvalue weighted by Gasteiger charge is -2.31. The van der Waals surface area contributed by atoms with E-state index in [0.717, 1.165) is 21.4 Å². The predicted molar refractivity (Wildman–Crippen MR) is 103 cm³/mol. The lowest BCUT2D eigenvalue weighted by molar-refractivity contribution is -0.125. The van der Waals surface area contributed by atoms with Crippen molar-refractivity contribution in [3.05, 3.63) is 59.4 Å². The number of hydrogen-bond acceptors (Lipinski definition) is 4. The Morgan fingerprint density at radius 3 is 2.57 bits per heavy atom. The summed E-state index contributed by atoms with van der Waals surface area (Å²) >= 11 is 1.44. The van der Waals surface area contributed by atoms with Gasteiger partial charge in [-0.3, -0.25) is 4.79 Å². The smallest absolute Gasteiger partial charge is 0.223 e. The van der Waals surface area contributed by atoms with Crippen LogP contribution in [-0.2, 0) is 11.3 Å². The first-order valence-electron chi connectivity index (χ1n) is 9.02. The largest absolute Gasteiger partial charge is 0.352 e. The van der Waals surface area contributed by atoms with E-state index in [9.17, 15) is 18.0 Å². The number of aromatic nitrogens is 1. The van der Waals surface area contributed by atoms with Crippen molar-refractivity contribution in [3.63, 3.8) is 0 Å². The van der Waals surface area contributed by atoms with E-state index >= 15 is 0 Å². The summed E-state index contributed by atoms with van der Waals surface area (Å²) in [5.41, 5.74) is 1.02. The topological polar surface area (TPSA) is 45.2 Å². The van der Waals surface area contributed by atoms with Crippen molar-refractivity contribution >= 4 is 32.6 Å². The van der Waals surface area contributed by atoms with E-state index in [4.69, 9.17) is 0 Å². The van der Waals surface area contributed by atoms with Gasteiger partial charge in [-0.05, 0) is 37.1 Å². The summed E-state index contributed by atoms with van der Waals surface area (Å²) in [6, 6.07) is 7.86. The molecule has 146 valence electrons. The molecule has 0 bridgehead atoms. The van der Waals surface area contributed by atoms with Crippen molar-refractivity contribution in [1.29, 1.82) is 0 Å². The number of thiazole rings is 1. The quantitative estimate of drug-likeness (QED) is 0.706. The molecule has 0 saturated carbocycles. The second kappa shape index (κ2) is 7.79. The van der Waals surface area contributed by atoms with E-state index in [1.54, 1.807) is 6.07 Å². The maximum atomic E-state index is 13.7. The molecule has 0 radical (unpaired) electrons. The highest BCUT2D eigenvalue weighted by Crippen LogP contribution is 2.32. The summed E-state index contributed by atoms with van der Waals surface area (Å²) in [7, 11) is 0. The second-order valence-electron chi connectivity index (χ2n) is 6.82. The molecule has 1 N–H and O–H groups in total. The monoisotopic (exact) mass is 405 g/mol. The molecule has 8 heteroatoms. The molecule has 2 heterocycles. The minimum atomic E-state index is -0.664. The number of nitrogens with one attached hydrogen (secondary N) is 1. The summed E-state index contributed by atoms with van der Waals surface area (Å²) < 4.78 is 40.8. The highest BCUT2D eigenvalue weighted by molar-refractivity contribution is 7.22. The number of hydrogen-bond donors (Lipinski definition) is 1.